The number of rotatable bonds is 6. The Morgan fingerprint density at radius 1 is 1.08 bits per heavy atom. The van der Waals surface area contributed by atoms with Crippen LogP contribution in [0.15, 0.2) is 47.4 Å². The predicted octanol–water partition coefficient (Wildman–Crippen LogP) is 3.92. The molecule has 136 valence electrons. The lowest BCUT2D eigenvalue weighted by Gasteiger charge is -2.11. The Labute approximate surface area is 141 Å². The second-order valence-corrected chi connectivity index (χ2v) is 6.39. The van der Waals surface area contributed by atoms with Gasteiger partial charge in [-0.3, -0.25) is 4.72 Å². The van der Waals surface area contributed by atoms with Crippen LogP contribution in [0.3, 0.4) is 0 Å². The number of benzene rings is 2. The van der Waals surface area contributed by atoms with Crippen molar-refractivity contribution in [1.29, 1.82) is 0 Å². The third-order valence-electron chi connectivity index (χ3n) is 2.85. The van der Waals surface area contributed by atoms with Gasteiger partial charge in [-0.05, 0) is 43.3 Å². The normalized spacial score (nSPS) is 11.9. The van der Waals surface area contributed by atoms with Crippen LogP contribution in [0.4, 0.5) is 23.2 Å². The minimum atomic E-state index is -4.88. The van der Waals surface area contributed by atoms with Crippen molar-refractivity contribution in [2.24, 2.45) is 0 Å². The van der Waals surface area contributed by atoms with Crippen LogP contribution in [0.5, 0.6) is 11.5 Å². The van der Waals surface area contributed by atoms with Crippen LogP contribution in [0.25, 0.3) is 0 Å². The first-order valence-corrected chi connectivity index (χ1v) is 8.40. The summed E-state index contributed by atoms with van der Waals surface area (Å²) in [5, 5.41) is 0. The summed E-state index contributed by atoms with van der Waals surface area (Å²) in [5.74, 6) is -1.34. The van der Waals surface area contributed by atoms with E-state index in [9.17, 15) is 26.0 Å². The number of halogens is 4. The van der Waals surface area contributed by atoms with Crippen molar-refractivity contribution in [2.75, 3.05) is 11.3 Å². The second kappa shape index (κ2) is 7.18. The van der Waals surface area contributed by atoms with E-state index in [-0.39, 0.29) is 22.9 Å². The topological polar surface area (TPSA) is 64.6 Å². The van der Waals surface area contributed by atoms with Crippen LogP contribution >= 0.6 is 0 Å². The van der Waals surface area contributed by atoms with Crippen molar-refractivity contribution in [3.8, 4) is 11.5 Å². The Kier molecular flexibility index (Phi) is 5.41. The summed E-state index contributed by atoms with van der Waals surface area (Å²) >= 11 is 0. The number of ether oxygens (including phenoxy) is 2. The largest absolute Gasteiger partial charge is 0.573 e. The molecular weight excluding hydrogens is 366 g/mol. The van der Waals surface area contributed by atoms with E-state index in [2.05, 4.69) is 9.46 Å². The number of nitrogens with one attached hydrogen (secondary N) is 1. The minimum Gasteiger partial charge on any atom is -0.491 e. The van der Waals surface area contributed by atoms with Gasteiger partial charge < -0.3 is 9.47 Å². The Bertz CT molecular complexity index is 836. The maximum atomic E-state index is 13.7. The maximum Gasteiger partial charge on any atom is 0.573 e. The molecule has 5 nitrogen and oxygen atoms in total. The Morgan fingerprint density at radius 2 is 1.72 bits per heavy atom. The molecule has 0 heterocycles. The monoisotopic (exact) mass is 379 g/mol. The number of hydrogen-bond donors (Lipinski definition) is 1. The lowest BCUT2D eigenvalue weighted by atomic mass is 10.3. The molecule has 25 heavy (non-hydrogen) atoms. The molecule has 0 fully saturated rings. The second-order valence-electron chi connectivity index (χ2n) is 4.70. The fourth-order valence-electron chi connectivity index (χ4n) is 1.87. The minimum absolute atomic E-state index is 0.0286. The molecule has 0 aliphatic heterocycles. The molecule has 0 spiro atoms. The van der Waals surface area contributed by atoms with Gasteiger partial charge in [-0.1, -0.05) is 0 Å². The molecule has 0 saturated carbocycles. The zero-order valence-electron chi connectivity index (χ0n) is 12.8. The van der Waals surface area contributed by atoms with E-state index in [1.54, 1.807) is 6.92 Å². The lowest BCUT2D eigenvalue weighted by molar-refractivity contribution is -0.274. The first-order valence-electron chi connectivity index (χ1n) is 6.92. The van der Waals surface area contributed by atoms with Crippen LogP contribution in [-0.2, 0) is 10.0 Å². The smallest absolute Gasteiger partial charge is 0.491 e. The van der Waals surface area contributed by atoms with Gasteiger partial charge in [0.2, 0.25) is 0 Å². The first-order chi connectivity index (χ1) is 11.6. The SMILES string of the molecule is CCOc1ccc(NS(=O)(=O)c2ccc(OC(F)(F)F)cc2)cc1F. The average molecular weight is 379 g/mol. The van der Waals surface area contributed by atoms with E-state index in [0.717, 1.165) is 30.3 Å². The van der Waals surface area contributed by atoms with Gasteiger partial charge in [0.05, 0.1) is 17.2 Å². The molecule has 1 N–H and O–H groups in total. The molecule has 2 aromatic carbocycles. The lowest BCUT2D eigenvalue weighted by Crippen LogP contribution is -2.17. The summed E-state index contributed by atoms with van der Waals surface area (Å²) in [6.45, 7) is 1.91. The molecule has 10 heteroatoms. The summed E-state index contributed by atoms with van der Waals surface area (Å²) in [5.41, 5.74) is -0.0587. The number of sulfonamides is 1. The van der Waals surface area contributed by atoms with Gasteiger partial charge in [0.1, 0.15) is 5.75 Å². The summed E-state index contributed by atoms with van der Waals surface area (Å²) in [7, 11) is -4.11. The number of anilines is 1. The Hall–Kier alpha value is -2.49. The number of alkyl halides is 3. The maximum absolute atomic E-state index is 13.7. The summed E-state index contributed by atoms with van der Waals surface area (Å²) in [4.78, 5) is -0.309. The molecule has 0 amide bonds. The molecule has 2 aromatic rings. The van der Waals surface area contributed by atoms with Crippen molar-refractivity contribution >= 4 is 15.7 Å². The van der Waals surface area contributed by atoms with Gasteiger partial charge in [0.15, 0.2) is 11.6 Å². The van der Waals surface area contributed by atoms with Gasteiger partial charge in [-0.25, -0.2) is 12.8 Å². The molecule has 0 radical (unpaired) electrons. The van der Waals surface area contributed by atoms with Gasteiger partial charge in [-0.15, -0.1) is 13.2 Å². The highest BCUT2D eigenvalue weighted by Crippen LogP contribution is 2.26. The summed E-state index contributed by atoms with van der Waals surface area (Å²) in [6.07, 6.45) is -4.88. The van der Waals surface area contributed by atoms with Crippen LogP contribution in [0.1, 0.15) is 6.92 Å². The van der Waals surface area contributed by atoms with Crippen LogP contribution in [0, 0.1) is 5.82 Å². The summed E-state index contributed by atoms with van der Waals surface area (Å²) in [6, 6.07) is 7.09. The standard InChI is InChI=1S/C15H13F4NO4S/c1-2-23-14-8-3-10(9-13(14)16)20-25(21,22)12-6-4-11(5-7-12)24-15(17,18)19/h3-9,20H,2H2,1H3. The fraction of sp³-hybridized carbons (Fsp3) is 0.200. The van der Waals surface area contributed by atoms with E-state index >= 15 is 0 Å². The van der Waals surface area contributed by atoms with Gasteiger partial charge >= 0.3 is 6.36 Å². The van der Waals surface area contributed by atoms with Gasteiger partial charge in [0.25, 0.3) is 10.0 Å². The first kappa shape index (κ1) is 18.8. The van der Waals surface area contributed by atoms with E-state index in [4.69, 9.17) is 4.74 Å². The quantitative estimate of drug-likeness (QED) is 0.773. The van der Waals surface area contributed by atoms with E-state index < -0.39 is 28.0 Å². The highest BCUT2D eigenvalue weighted by atomic mass is 32.2. The van der Waals surface area contributed by atoms with Gasteiger partial charge in [0, 0.05) is 6.07 Å². The van der Waals surface area contributed by atoms with Gasteiger partial charge in [-0.2, -0.15) is 0 Å². The third-order valence-corrected chi connectivity index (χ3v) is 4.25. The van der Waals surface area contributed by atoms with E-state index in [1.165, 1.54) is 12.1 Å². The highest BCUT2D eigenvalue weighted by molar-refractivity contribution is 7.92. The van der Waals surface area contributed by atoms with Crippen LogP contribution in [0.2, 0.25) is 0 Å². The number of hydrogen-bond acceptors (Lipinski definition) is 4. The molecule has 0 unspecified atom stereocenters. The Morgan fingerprint density at radius 3 is 2.24 bits per heavy atom. The van der Waals surface area contributed by atoms with E-state index in [1.807, 2.05) is 0 Å². The molecule has 2 rings (SSSR count). The molecule has 0 aliphatic carbocycles. The van der Waals surface area contributed by atoms with Crippen molar-refractivity contribution < 1.29 is 35.5 Å². The predicted molar refractivity (Wildman–Crippen MR) is 81.5 cm³/mol. The molecule has 0 bridgehead atoms. The molecule has 0 saturated heterocycles. The van der Waals surface area contributed by atoms with E-state index in [0.29, 0.717) is 0 Å². The van der Waals surface area contributed by atoms with Crippen LogP contribution < -0.4 is 14.2 Å². The molecule has 0 aromatic heterocycles. The van der Waals surface area contributed by atoms with Crippen molar-refractivity contribution in [1.82, 2.24) is 0 Å². The summed E-state index contributed by atoms with van der Waals surface area (Å²) < 4.78 is 85.2. The zero-order chi connectivity index (χ0) is 18.7. The molecule has 0 atom stereocenters. The fourth-order valence-corrected chi connectivity index (χ4v) is 2.92. The third kappa shape index (κ3) is 5.24. The van der Waals surface area contributed by atoms with Crippen LogP contribution in [-0.4, -0.2) is 21.4 Å². The molecular formula is C15H13F4NO4S. The zero-order valence-corrected chi connectivity index (χ0v) is 13.6. The Balaban J connectivity index is 2.17. The average Bonchev–Trinajstić information content (AvgIpc) is 2.49. The van der Waals surface area contributed by atoms with Crippen molar-refractivity contribution in [3.05, 3.63) is 48.3 Å². The van der Waals surface area contributed by atoms with Crippen molar-refractivity contribution in [2.45, 2.75) is 18.2 Å². The van der Waals surface area contributed by atoms with Crippen molar-refractivity contribution in [3.63, 3.8) is 0 Å². The molecule has 0 aliphatic rings. The highest BCUT2D eigenvalue weighted by Gasteiger charge is 2.31.